The maximum Gasteiger partial charge on any atom is 0.270 e. The maximum atomic E-state index is 12.4. The van der Waals surface area contributed by atoms with Crippen molar-refractivity contribution in [3.8, 4) is 0 Å². The van der Waals surface area contributed by atoms with Crippen LogP contribution < -0.4 is 10.0 Å². The summed E-state index contributed by atoms with van der Waals surface area (Å²) in [5.41, 5.74) is 1.49. The second-order valence-corrected chi connectivity index (χ2v) is 8.02. The fourth-order valence-electron chi connectivity index (χ4n) is 2.90. The Bertz CT molecular complexity index is 1260. The van der Waals surface area contributed by atoms with E-state index in [0.717, 1.165) is 16.3 Å². The van der Waals surface area contributed by atoms with Gasteiger partial charge < -0.3 is 5.32 Å². The van der Waals surface area contributed by atoms with E-state index in [1.807, 2.05) is 30.3 Å². The molecule has 0 fully saturated rings. The SMILES string of the molecule is O=C(NCCS(=O)(=O)Nc1ccn2nccc2c1)c1nccc2ccccc12. The molecule has 0 bridgehead atoms. The summed E-state index contributed by atoms with van der Waals surface area (Å²) in [6.07, 6.45) is 4.85. The monoisotopic (exact) mass is 395 g/mol. The van der Waals surface area contributed by atoms with E-state index in [9.17, 15) is 13.2 Å². The third-order valence-corrected chi connectivity index (χ3v) is 5.51. The van der Waals surface area contributed by atoms with Gasteiger partial charge in [-0.3, -0.25) is 14.5 Å². The number of aromatic nitrogens is 3. The molecular weight excluding hydrogens is 378 g/mol. The van der Waals surface area contributed by atoms with Crippen molar-refractivity contribution < 1.29 is 13.2 Å². The maximum absolute atomic E-state index is 12.4. The molecule has 1 amide bonds. The number of amides is 1. The Morgan fingerprint density at radius 1 is 1.07 bits per heavy atom. The lowest BCUT2D eigenvalue weighted by Gasteiger charge is -2.10. The van der Waals surface area contributed by atoms with Crippen molar-refractivity contribution in [3.05, 3.63) is 72.8 Å². The van der Waals surface area contributed by atoms with Crippen molar-refractivity contribution in [2.24, 2.45) is 0 Å². The fourth-order valence-corrected chi connectivity index (χ4v) is 3.86. The molecule has 0 atom stereocenters. The number of carbonyl (C=O) groups excluding carboxylic acids is 1. The largest absolute Gasteiger partial charge is 0.350 e. The van der Waals surface area contributed by atoms with Crippen LogP contribution in [0.15, 0.2) is 67.1 Å². The molecular formula is C19H17N5O3S. The summed E-state index contributed by atoms with van der Waals surface area (Å²) >= 11 is 0. The first-order chi connectivity index (χ1) is 13.5. The van der Waals surface area contributed by atoms with Gasteiger partial charge in [-0.1, -0.05) is 24.3 Å². The third kappa shape index (κ3) is 3.79. The second kappa shape index (κ2) is 7.28. The minimum atomic E-state index is -3.62. The number of fused-ring (bicyclic) bond motifs is 2. The standard InChI is InChI=1S/C19H17N5O3S/c25-19(18-17-4-2-1-3-14(17)5-8-20-18)21-10-12-28(26,27)23-15-7-11-24-16(13-15)6-9-22-24/h1-9,11,13,23H,10,12H2,(H,21,25). The van der Waals surface area contributed by atoms with Gasteiger partial charge in [-0.05, 0) is 29.7 Å². The van der Waals surface area contributed by atoms with Gasteiger partial charge in [-0.25, -0.2) is 12.9 Å². The molecule has 4 rings (SSSR count). The number of pyridine rings is 2. The van der Waals surface area contributed by atoms with Gasteiger partial charge in [0.2, 0.25) is 10.0 Å². The number of hydrogen-bond donors (Lipinski definition) is 2. The van der Waals surface area contributed by atoms with Crippen LogP contribution in [0.3, 0.4) is 0 Å². The molecule has 2 N–H and O–H groups in total. The number of anilines is 1. The topological polar surface area (TPSA) is 105 Å². The van der Waals surface area contributed by atoms with Crippen LogP contribution in [0, 0.1) is 0 Å². The zero-order valence-electron chi connectivity index (χ0n) is 14.7. The lowest BCUT2D eigenvalue weighted by atomic mass is 10.1. The van der Waals surface area contributed by atoms with Crippen molar-refractivity contribution in [3.63, 3.8) is 0 Å². The van der Waals surface area contributed by atoms with E-state index in [0.29, 0.717) is 5.69 Å². The Morgan fingerprint density at radius 2 is 1.93 bits per heavy atom. The second-order valence-electron chi connectivity index (χ2n) is 6.17. The Hall–Kier alpha value is -3.46. The Morgan fingerprint density at radius 3 is 2.82 bits per heavy atom. The molecule has 0 saturated heterocycles. The number of nitrogens with one attached hydrogen (secondary N) is 2. The smallest absolute Gasteiger partial charge is 0.270 e. The first kappa shape index (κ1) is 17.9. The van der Waals surface area contributed by atoms with Crippen LogP contribution in [0.5, 0.6) is 0 Å². The molecule has 0 spiro atoms. The summed E-state index contributed by atoms with van der Waals surface area (Å²) in [5, 5.41) is 8.30. The van der Waals surface area contributed by atoms with E-state index in [1.165, 1.54) is 0 Å². The molecule has 142 valence electrons. The summed E-state index contributed by atoms with van der Waals surface area (Å²) in [5.74, 6) is -0.666. The van der Waals surface area contributed by atoms with E-state index in [-0.39, 0.29) is 18.0 Å². The predicted octanol–water partition coefficient (Wildman–Crippen LogP) is 2.05. The van der Waals surface area contributed by atoms with Gasteiger partial charge in [0.25, 0.3) is 5.91 Å². The van der Waals surface area contributed by atoms with Crippen molar-refractivity contribution in [2.75, 3.05) is 17.0 Å². The highest BCUT2D eigenvalue weighted by Crippen LogP contribution is 2.16. The highest BCUT2D eigenvalue weighted by atomic mass is 32.2. The molecule has 0 aliphatic carbocycles. The number of carbonyl (C=O) groups is 1. The lowest BCUT2D eigenvalue weighted by Crippen LogP contribution is -2.31. The van der Waals surface area contributed by atoms with Crippen LogP contribution in [0.2, 0.25) is 0 Å². The predicted molar refractivity (Wildman–Crippen MR) is 107 cm³/mol. The minimum Gasteiger partial charge on any atom is -0.350 e. The molecule has 0 radical (unpaired) electrons. The van der Waals surface area contributed by atoms with Crippen molar-refractivity contribution >= 4 is 37.9 Å². The Kier molecular flexibility index (Phi) is 4.66. The van der Waals surface area contributed by atoms with E-state index in [1.54, 1.807) is 41.3 Å². The molecule has 0 aliphatic rings. The quantitative estimate of drug-likeness (QED) is 0.520. The van der Waals surface area contributed by atoms with Gasteiger partial charge in [-0.2, -0.15) is 5.10 Å². The first-order valence-corrected chi connectivity index (χ1v) is 10.2. The number of hydrogen-bond acceptors (Lipinski definition) is 5. The normalized spacial score (nSPS) is 11.6. The van der Waals surface area contributed by atoms with Crippen molar-refractivity contribution in [1.82, 2.24) is 19.9 Å². The molecule has 0 unspecified atom stereocenters. The van der Waals surface area contributed by atoms with Crippen molar-refractivity contribution in [2.45, 2.75) is 0 Å². The molecule has 1 aromatic carbocycles. The molecule has 28 heavy (non-hydrogen) atoms. The average Bonchev–Trinajstić information content (AvgIpc) is 3.14. The van der Waals surface area contributed by atoms with Crippen LogP contribution in [0.1, 0.15) is 10.5 Å². The van der Waals surface area contributed by atoms with Crippen LogP contribution in [-0.2, 0) is 10.0 Å². The summed E-state index contributed by atoms with van der Waals surface area (Å²) in [4.78, 5) is 16.5. The van der Waals surface area contributed by atoms with Gasteiger partial charge in [0.05, 0.1) is 17.0 Å². The number of rotatable bonds is 6. The van der Waals surface area contributed by atoms with Gasteiger partial charge in [0, 0.05) is 30.5 Å². The highest BCUT2D eigenvalue weighted by Gasteiger charge is 2.14. The zero-order valence-corrected chi connectivity index (χ0v) is 15.6. The third-order valence-electron chi connectivity index (χ3n) is 4.22. The van der Waals surface area contributed by atoms with Gasteiger partial charge in [-0.15, -0.1) is 0 Å². The molecule has 9 heteroatoms. The van der Waals surface area contributed by atoms with Crippen LogP contribution >= 0.6 is 0 Å². The molecule has 8 nitrogen and oxygen atoms in total. The molecule has 4 aromatic rings. The minimum absolute atomic E-state index is 0.0337. The number of sulfonamides is 1. The van der Waals surface area contributed by atoms with Gasteiger partial charge in [0.1, 0.15) is 5.69 Å². The lowest BCUT2D eigenvalue weighted by molar-refractivity contribution is 0.0953. The van der Waals surface area contributed by atoms with Gasteiger partial charge in [0.15, 0.2) is 0 Å². The Labute approximate surface area is 161 Å². The Balaban J connectivity index is 1.40. The van der Waals surface area contributed by atoms with E-state index >= 15 is 0 Å². The highest BCUT2D eigenvalue weighted by molar-refractivity contribution is 7.92. The number of benzene rings is 1. The average molecular weight is 395 g/mol. The van der Waals surface area contributed by atoms with Crippen LogP contribution in [0.4, 0.5) is 5.69 Å². The van der Waals surface area contributed by atoms with E-state index < -0.39 is 15.9 Å². The van der Waals surface area contributed by atoms with Crippen LogP contribution in [0.25, 0.3) is 16.3 Å². The molecule has 3 aromatic heterocycles. The van der Waals surface area contributed by atoms with Gasteiger partial charge >= 0.3 is 0 Å². The summed E-state index contributed by atoms with van der Waals surface area (Å²) < 4.78 is 28.8. The zero-order chi connectivity index (χ0) is 19.6. The number of nitrogens with zero attached hydrogens (tertiary/aromatic N) is 3. The summed E-state index contributed by atoms with van der Waals surface area (Å²) in [6.45, 7) is -0.0337. The fraction of sp³-hybridized carbons (Fsp3) is 0.105. The molecule has 3 heterocycles. The molecule has 0 saturated carbocycles. The first-order valence-electron chi connectivity index (χ1n) is 8.58. The van der Waals surface area contributed by atoms with Crippen molar-refractivity contribution in [1.29, 1.82) is 0 Å². The van der Waals surface area contributed by atoms with E-state index in [2.05, 4.69) is 20.1 Å². The summed E-state index contributed by atoms with van der Waals surface area (Å²) in [7, 11) is -3.62. The van der Waals surface area contributed by atoms with E-state index in [4.69, 9.17) is 0 Å². The van der Waals surface area contributed by atoms with Crippen LogP contribution in [-0.4, -0.2) is 41.2 Å². The summed E-state index contributed by atoms with van der Waals surface area (Å²) in [6, 6.07) is 14.3. The molecule has 0 aliphatic heterocycles.